The summed E-state index contributed by atoms with van der Waals surface area (Å²) in [5, 5.41) is 33.0. The number of hydrogen-bond donors (Lipinski definition) is 3. The summed E-state index contributed by atoms with van der Waals surface area (Å²) in [6, 6.07) is 7.77. The van der Waals surface area contributed by atoms with Gasteiger partial charge in [0.05, 0.1) is 24.9 Å². The maximum atomic E-state index is 13.6. The van der Waals surface area contributed by atoms with E-state index in [1.165, 1.54) is 0 Å². The largest absolute Gasteiger partial charge is 0.497 e. The molecule has 32 heavy (non-hydrogen) atoms. The third-order valence-corrected chi connectivity index (χ3v) is 9.93. The zero-order chi connectivity index (χ0) is 22.9. The van der Waals surface area contributed by atoms with E-state index in [1.54, 1.807) is 7.11 Å². The fourth-order valence-electron chi connectivity index (χ4n) is 7.96. The number of aliphatic hydroxyl groups is 3. The van der Waals surface area contributed by atoms with Crippen LogP contribution in [0.25, 0.3) is 6.08 Å². The lowest BCUT2D eigenvalue weighted by Gasteiger charge is -2.64. The number of Topliss-reactive ketones (excluding diaryl/α,β-unsaturated/α-hetero) is 1. The molecule has 4 fully saturated rings. The zero-order valence-corrected chi connectivity index (χ0v) is 19.4. The van der Waals surface area contributed by atoms with Gasteiger partial charge in [0, 0.05) is 17.3 Å². The lowest BCUT2D eigenvalue weighted by Crippen LogP contribution is -2.68. The number of methoxy groups -OCH3 is 1. The highest BCUT2D eigenvalue weighted by molar-refractivity contribution is 6.05. The van der Waals surface area contributed by atoms with Gasteiger partial charge < -0.3 is 20.1 Å². The molecule has 0 saturated heterocycles. The maximum absolute atomic E-state index is 13.6. The van der Waals surface area contributed by atoms with Crippen LogP contribution >= 0.6 is 0 Å². The molecule has 5 nitrogen and oxygen atoms in total. The normalized spacial score (nSPS) is 47.0. The van der Waals surface area contributed by atoms with Crippen molar-refractivity contribution in [2.24, 2.45) is 28.6 Å². The maximum Gasteiger partial charge on any atom is 0.165 e. The lowest BCUT2D eigenvalue weighted by atomic mass is 9.43. The van der Waals surface area contributed by atoms with Crippen molar-refractivity contribution in [1.29, 1.82) is 0 Å². The molecular formula is C27H36O5. The fourth-order valence-corrected chi connectivity index (χ4v) is 7.96. The number of ketones is 1. The number of rotatable bonds is 2. The highest BCUT2D eigenvalue weighted by Crippen LogP contribution is 2.67. The Labute approximate surface area is 190 Å². The van der Waals surface area contributed by atoms with Crippen LogP contribution in [0.1, 0.15) is 64.4 Å². The Hall–Kier alpha value is -1.69. The molecule has 0 spiro atoms. The van der Waals surface area contributed by atoms with Crippen LogP contribution in [0.2, 0.25) is 0 Å². The van der Waals surface area contributed by atoms with E-state index in [-0.39, 0.29) is 30.0 Å². The van der Waals surface area contributed by atoms with Crippen LogP contribution in [0.5, 0.6) is 5.75 Å². The van der Waals surface area contributed by atoms with E-state index in [0.29, 0.717) is 12.8 Å². The minimum atomic E-state index is -1.25. The van der Waals surface area contributed by atoms with E-state index in [0.717, 1.165) is 42.6 Å². The van der Waals surface area contributed by atoms with Gasteiger partial charge in [0.25, 0.3) is 0 Å². The van der Waals surface area contributed by atoms with Crippen LogP contribution in [-0.4, -0.2) is 46.0 Å². The smallest absolute Gasteiger partial charge is 0.165 e. The summed E-state index contributed by atoms with van der Waals surface area (Å²) in [6.45, 7) is 4.23. The second-order valence-electron chi connectivity index (χ2n) is 11.3. The Bertz CT molecular complexity index is 938. The summed E-state index contributed by atoms with van der Waals surface area (Å²) >= 11 is 0. The van der Waals surface area contributed by atoms with Crippen molar-refractivity contribution >= 4 is 11.9 Å². The van der Waals surface area contributed by atoms with E-state index in [9.17, 15) is 20.1 Å². The lowest BCUT2D eigenvalue weighted by molar-refractivity contribution is -0.262. The van der Waals surface area contributed by atoms with Gasteiger partial charge in [0.2, 0.25) is 0 Å². The fraction of sp³-hybridized carbons (Fsp3) is 0.667. The summed E-state index contributed by atoms with van der Waals surface area (Å²) in [6.07, 6.45) is 5.18. The Morgan fingerprint density at radius 1 is 1.06 bits per heavy atom. The number of hydrogen-bond acceptors (Lipinski definition) is 5. The van der Waals surface area contributed by atoms with Crippen molar-refractivity contribution in [2.75, 3.05) is 7.11 Å². The standard InChI is InChI=1S/C27H36O5/c1-25-10-9-21-20(14-23(29)27(31)15-18(28)8-11-26(21,27)2)22(25)13-17(24(25)30)12-16-4-6-19(32-3)7-5-16/h4-7,12,18,20-23,28-29,31H,8-11,13-15H2,1-3H3/b17-12-/t18-,20+,21-,22-,23+,25-,26+,27-/m0/s1. The Morgan fingerprint density at radius 3 is 2.47 bits per heavy atom. The summed E-state index contributed by atoms with van der Waals surface area (Å²) in [7, 11) is 1.64. The van der Waals surface area contributed by atoms with Gasteiger partial charge in [-0.2, -0.15) is 0 Å². The molecule has 174 valence electrons. The number of fused-ring (bicyclic) bond motifs is 5. The third-order valence-electron chi connectivity index (χ3n) is 9.93. The average Bonchev–Trinajstić information content (AvgIpc) is 3.02. The van der Waals surface area contributed by atoms with Gasteiger partial charge in [-0.1, -0.05) is 26.0 Å². The first-order chi connectivity index (χ1) is 15.1. The first-order valence-electron chi connectivity index (χ1n) is 12.1. The molecule has 4 aliphatic carbocycles. The molecule has 0 radical (unpaired) electrons. The molecule has 0 aliphatic heterocycles. The quantitative estimate of drug-likeness (QED) is 0.610. The predicted octanol–water partition coefficient (Wildman–Crippen LogP) is 3.75. The van der Waals surface area contributed by atoms with Crippen LogP contribution in [0.3, 0.4) is 0 Å². The van der Waals surface area contributed by atoms with E-state index in [1.807, 2.05) is 30.3 Å². The topological polar surface area (TPSA) is 87.0 Å². The molecule has 0 amide bonds. The third kappa shape index (κ3) is 2.97. The highest BCUT2D eigenvalue weighted by atomic mass is 16.5. The van der Waals surface area contributed by atoms with Crippen molar-refractivity contribution < 1.29 is 24.9 Å². The minimum Gasteiger partial charge on any atom is -0.497 e. The van der Waals surface area contributed by atoms with Gasteiger partial charge in [-0.05, 0) is 85.6 Å². The predicted molar refractivity (Wildman–Crippen MR) is 122 cm³/mol. The minimum absolute atomic E-state index is 0.182. The zero-order valence-electron chi connectivity index (χ0n) is 19.4. The summed E-state index contributed by atoms with van der Waals surface area (Å²) in [5.41, 5.74) is -0.202. The number of carbonyl (C=O) groups excluding carboxylic acids is 1. The van der Waals surface area contributed by atoms with E-state index in [2.05, 4.69) is 13.8 Å². The van der Waals surface area contributed by atoms with Crippen LogP contribution in [0.4, 0.5) is 0 Å². The first-order valence-corrected chi connectivity index (χ1v) is 12.1. The number of benzene rings is 1. The molecule has 4 aliphatic rings. The molecule has 3 N–H and O–H groups in total. The molecule has 0 aromatic heterocycles. The Kier molecular flexibility index (Phi) is 5.12. The molecule has 0 bridgehead atoms. The van der Waals surface area contributed by atoms with E-state index in [4.69, 9.17) is 4.74 Å². The first kappa shape index (κ1) is 22.1. The van der Waals surface area contributed by atoms with Crippen molar-refractivity contribution in [3.05, 3.63) is 35.4 Å². The van der Waals surface area contributed by atoms with Crippen molar-refractivity contribution in [3.63, 3.8) is 0 Å². The molecule has 5 rings (SSSR count). The summed E-state index contributed by atoms with van der Waals surface area (Å²) in [4.78, 5) is 13.6. The number of aliphatic hydroxyl groups excluding tert-OH is 2. The van der Waals surface area contributed by atoms with Crippen molar-refractivity contribution in [3.8, 4) is 5.75 Å². The van der Waals surface area contributed by atoms with Gasteiger partial charge in [0.1, 0.15) is 5.75 Å². The van der Waals surface area contributed by atoms with Crippen LogP contribution in [0.15, 0.2) is 29.8 Å². The molecule has 8 atom stereocenters. The van der Waals surface area contributed by atoms with Gasteiger partial charge >= 0.3 is 0 Å². The molecule has 1 aromatic rings. The van der Waals surface area contributed by atoms with E-state index < -0.39 is 28.6 Å². The summed E-state index contributed by atoms with van der Waals surface area (Å²) < 4.78 is 5.24. The van der Waals surface area contributed by atoms with E-state index >= 15 is 0 Å². The van der Waals surface area contributed by atoms with Crippen LogP contribution < -0.4 is 4.74 Å². The van der Waals surface area contributed by atoms with Crippen LogP contribution in [-0.2, 0) is 4.79 Å². The summed E-state index contributed by atoms with van der Waals surface area (Å²) in [5.74, 6) is 1.69. The van der Waals surface area contributed by atoms with Crippen molar-refractivity contribution in [2.45, 2.75) is 76.6 Å². The molecule has 0 unspecified atom stereocenters. The number of ether oxygens (including phenoxy) is 1. The molecule has 1 aromatic carbocycles. The van der Waals surface area contributed by atoms with Gasteiger partial charge in [0.15, 0.2) is 5.78 Å². The number of allylic oxidation sites excluding steroid dienone is 1. The molecular weight excluding hydrogens is 404 g/mol. The number of carbonyl (C=O) groups is 1. The monoisotopic (exact) mass is 440 g/mol. The SMILES string of the molecule is COc1ccc(/C=C2/C[C@H]3[C@@H]4C[C@@H](O)[C@@]5(O)C[C@@H](O)CC[C@]5(C)[C@H]4CC[C@]3(C)C2=O)cc1. The Morgan fingerprint density at radius 2 is 1.78 bits per heavy atom. The molecule has 4 saturated carbocycles. The van der Waals surface area contributed by atoms with Gasteiger partial charge in [-0.15, -0.1) is 0 Å². The van der Waals surface area contributed by atoms with Crippen LogP contribution in [0, 0.1) is 28.6 Å². The second kappa shape index (κ2) is 7.41. The average molecular weight is 441 g/mol. The molecule has 5 heteroatoms. The second-order valence-corrected chi connectivity index (χ2v) is 11.3. The highest BCUT2D eigenvalue weighted by Gasteiger charge is 2.67. The molecule has 0 heterocycles. The van der Waals surface area contributed by atoms with Gasteiger partial charge in [-0.3, -0.25) is 4.79 Å². The Balaban J connectivity index is 1.47. The van der Waals surface area contributed by atoms with Crippen molar-refractivity contribution in [1.82, 2.24) is 0 Å². The van der Waals surface area contributed by atoms with Gasteiger partial charge in [-0.25, -0.2) is 0 Å².